The molecule has 2 atom stereocenters. The highest BCUT2D eigenvalue weighted by molar-refractivity contribution is 8.00. The van der Waals surface area contributed by atoms with E-state index in [2.05, 4.69) is 5.32 Å². The largest absolute Gasteiger partial charge is 0.444 e. The van der Waals surface area contributed by atoms with Gasteiger partial charge in [0, 0.05) is 16.2 Å². The van der Waals surface area contributed by atoms with Crippen LogP contribution in [0.25, 0.3) is 0 Å². The van der Waals surface area contributed by atoms with Crippen molar-refractivity contribution in [3.8, 4) is 0 Å². The molecule has 0 spiro atoms. The van der Waals surface area contributed by atoms with Crippen LogP contribution in [-0.2, 0) is 4.74 Å². The standard InChI is InChI=1S/C15H20FNO2S/c1-15(2,3)19-14(18)17-12-8-9-13(12)20-11-6-4-10(16)5-7-11/h4-7,12-13H,8-9H2,1-3H3,(H,17,18). The number of hydrogen-bond donors (Lipinski definition) is 1. The Morgan fingerprint density at radius 1 is 1.30 bits per heavy atom. The smallest absolute Gasteiger partial charge is 0.407 e. The van der Waals surface area contributed by atoms with E-state index in [9.17, 15) is 9.18 Å². The second kappa shape index (κ2) is 6.04. The van der Waals surface area contributed by atoms with Crippen molar-refractivity contribution in [2.24, 2.45) is 0 Å². The summed E-state index contributed by atoms with van der Waals surface area (Å²) in [5, 5.41) is 3.23. The highest BCUT2D eigenvalue weighted by Gasteiger charge is 2.34. The molecule has 110 valence electrons. The Bertz CT molecular complexity index is 470. The summed E-state index contributed by atoms with van der Waals surface area (Å²) in [7, 11) is 0. The Morgan fingerprint density at radius 2 is 1.95 bits per heavy atom. The number of carbonyl (C=O) groups excluding carboxylic acids is 1. The lowest BCUT2D eigenvalue weighted by molar-refractivity contribution is 0.0483. The van der Waals surface area contributed by atoms with Gasteiger partial charge in [-0.1, -0.05) is 0 Å². The zero-order valence-corrected chi connectivity index (χ0v) is 12.8. The second-order valence-corrected chi connectivity index (χ2v) is 7.25. The summed E-state index contributed by atoms with van der Waals surface area (Å²) in [6.07, 6.45) is 1.63. The van der Waals surface area contributed by atoms with Crippen LogP contribution < -0.4 is 5.32 Å². The van der Waals surface area contributed by atoms with Crippen LogP contribution >= 0.6 is 11.8 Å². The van der Waals surface area contributed by atoms with Crippen LogP contribution in [0.3, 0.4) is 0 Å². The molecule has 0 bridgehead atoms. The summed E-state index contributed by atoms with van der Waals surface area (Å²) in [6.45, 7) is 5.54. The number of amides is 1. The molecule has 5 heteroatoms. The SMILES string of the molecule is CC(C)(C)OC(=O)NC1CCC1Sc1ccc(F)cc1. The number of halogens is 1. The molecule has 1 aromatic rings. The highest BCUT2D eigenvalue weighted by Crippen LogP contribution is 2.36. The molecule has 2 unspecified atom stereocenters. The predicted octanol–water partition coefficient (Wildman–Crippen LogP) is 3.97. The van der Waals surface area contributed by atoms with Crippen molar-refractivity contribution in [1.29, 1.82) is 0 Å². The third-order valence-corrected chi connectivity index (χ3v) is 4.43. The van der Waals surface area contributed by atoms with Gasteiger partial charge in [0.05, 0.1) is 0 Å². The lowest BCUT2D eigenvalue weighted by Crippen LogP contribution is -2.50. The molecule has 2 rings (SSSR count). The molecule has 1 aromatic carbocycles. The summed E-state index contributed by atoms with van der Waals surface area (Å²) in [5.41, 5.74) is -0.479. The maximum absolute atomic E-state index is 12.8. The molecule has 0 aromatic heterocycles. The van der Waals surface area contributed by atoms with Crippen molar-refractivity contribution in [2.75, 3.05) is 0 Å². The summed E-state index contributed by atoms with van der Waals surface area (Å²) >= 11 is 1.67. The number of rotatable bonds is 3. The fourth-order valence-electron chi connectivity index (χ4n) is 1.92. The molecule has 0 heterocycles. The van der Waals surface area contributed by atoms with E-state index < -0.39 is 5.60 Å². The zero-order valence-electron chi connectivity index (χ0n) is 12.0. The topological polar surface area (TPSA) is 38.3 Å². The van der Waals surface area contributed by atoms with Gasteiger partial charge in [0.15, 0.2) is 0 Å². The van der Waals surface area contributed by atoms with Gasteiger partial charge >= 0.3 is 6.09 Å². The first-order valence-corrected chi connectivity index (χ1v) is 7.63. The van der Waals surface area contributed by atoms with Gasteiger partial charge in [-0.25, -0.2) is 9.18 Å². The highest BCUT2D eigenvalue weighted by atomic mass is 32.2. The van der Waals surface area contributed by atoms with Crippen LogP contribution in [0.4, 0.5) is 9.18 Å². The van der Waals surface area contributed by atoms with Gasteiger partial charge in [-0.3, -0.25) is 0 Å². The molecule has 1 fully saturated rings. The lowest BCUT2D eigenvalue weighted by atomic mass is 9.92. The molecule has 1 aliphatic rings. The maximum Gasteiger partial charge on any atom is 0.407 e. The van der Waals surface area contributed by atoms with Gasteiger partial charge < -0.3 is 10.1 Å². The van der Waals surface area contributed by atoms with Crippen molar-refractivity contribution in [3.05, 3.63) is 30.1 Å². The van der Waals surface area contributed by atoms with Crippen LogP contribution in [0, 0.1) is 5.82 Å². The zero-order chi connectivity index (χ0) is 14.8. The van der Waals surface area contributed by atoms with Crippen molar-refractivity contribution in [3.63, 3.8) is 0 Å². The first kappa shape index (κ1) is 15.2. The Morgan fingerprint density at radius 3 is 2.45 bits per heavy atom. The van der Waals surface area contributed by atoms with Gasteiger partial charge in [-0.15, -0.1) is 11.8 Å². The normalized spacial score (nSPS) is 22.0. The Labute approximate surface area is 123 Å². The molecule has 3 nitrogen and oxygen atoms in total. The molecule has 1 aliphatic carbocycles. The van der Waals surface area contributed by atoms with E-state index in [4.69, 9.17) is 4.74 Å². The number of thioether (sulfide) groups is 1. The average molecular weight is 297 g/mol. The van der Waals surface area contributed by atoms with Crippen LogP contribution in [0.2, 0.25) is 0 Å². The summed E-state index contributed by atoms with van der Waals surface area (Å²) in [6, 6.07) is 6.57. The molecule has 0 radical (unpaired) electrons. The van der Waals surface area contributed by atoms with Crippen molar-refractivity contribution < 1.29 is 13.9 Å². The van der Waals surface area contributed by atoms with Gasteiger partial charge in [0.25, 0.3) is 0 Å². The van der Waals surface area contributed by atoms with Crippen molar-refractivity contribution in [1.82, 2.24) is 5.32 Å². The number of alkyl carbamates (subject to hydrolysis) is 1. The van der Waals surface area contributed by atoms with Crippen molar-refractivity contribution in [2.45, 2.75) is 55.4 Å². The minimum Gasteiger partial charge on any atom is -0.444 e. The second-order valence-electron chi connectivity index (χ2n) is 5.94. The van der Waals surface area contributed by atoms with E-state index >= 15 is 0 Å². The fraction of sp³-hybridized carbons (Fsp3) is 0.533. The fourth-order valence-corrected chi connectivity index (χ4v) is 3.19. The molecule has 1 saturated carbocycles. The minimum atomic E-state index is -0.479. The Kier molecular flexibility index (Phi) is 4.58. The Balaban J connectivity index is 1.83. The molecule has 1 N–H and O–H groups in total. The monoisotopic (exact) mass is 297 g/mol. The van der Waals surface area contributed by atoms with Crippen LogP contribution in [-0.4, -0.2) is 23.0 Å². The lowest BCUT2D eigenvalue weighted by Gasteiger charge is -2.36. The average Bonchev–Trinajstić information content (AvgIpc) is 2.32. The van der Waals surface area contributed by atoms with E-state index in [-0.39, 0.29) is 18.0 Å². The third kappa shape index (κ3) is 4.40. The van der Waals surface area contributed by atoms with Gasteiger partial charge in [0.2, 0.25) is 0 Å². The van der Waals surface area contributed by atoms with Crippen LogP contribution in [0.5, 0.6) is 0 Å². The maximum atomic E-state index is 12.8. The summed E-state index contributed by atoms with van der Waals surface area (Å²) in [4.78, 5) is 12.7. The van der Waals surface area contributed by atoms with Gasteiger partial charge in [-0.2, -0.15) is 0 Å². The summed E-state index contributed by atoms with van der Waals surface area (Å²) < 4.78 is 18.1. The van der Waals surface area contributed by atoms with E-state index in [0.717, 1.165) is 17.7 Å². The molecule has 20 heavy (non-hydrogen) atoms. The van der Waals surface area contributed by atoms with E-state index in [1.54, 1.807) is 23.9 Å². The first-order chi connectivity index (χ1) is 9.33. The Hall–Kier alpha value is -1.23. The van der Waals surface area contributed by atoms with E-state index in [0.29, 0.717) is 5.25 Å². The molecular formula is C15H20FNO2S. The minimum absolute atomic E-state index is 0.125. The number of nitrogens with one attached hydrogen (secondary N) is 1. The predicted molar refractivity (Wildman–Crippen MR) is 78.4 cm³/mol. The quantitative estimate of drug-likeness (QED) is 0.917. The molecular weight excluding hydrogens is 277 g/mol. The van der Waals surface area contributed by atoms with Crippen molar-refractivity contribution >= 4 is 17.9 Å². The van der Waals surface area contributed by atoms with Gasteiger partial charge in [-0.05, 0) is 57.9 Å². The molecule has 1 amide bonds. The number of carbonyl (C=O) groups is 1. The third-order valence-electron chi connectivity index (χ3n) is 3.01. The number of ether oxygens (including phenoxy) is 1. The van der Waals surface area contributed by atoms with Crippen LogP contribution in [0.1, 0.15) is 33.6 Å². The molecule has 0 aliphatic heterocycles. The first-order valence-electron chi connectivity index (χ1n) is 6.75. The van der Waals surface area contributed by atoms with E-state index in [1.807, 2.05) is 20.8 Å². The number of benzene rings is 1. The summed E-state index contributed by atoms with van der Waals surface area (Å²) in [5.74, 6) is -0.230. The van der Waals surface area contributed by atoms with Gasteiger partial charge in [0.1, 0.15) is 11.4 Å². The van der Waals surface area contributed by atoms with Crippen LogP contribution in [0.15, 0.2) is 29.2 Å². The van der Waals surface area contributed by atoms with E-state index in [1.165, 1.54) is 12.1 Å². The molecule has 0 saturated heterocycles. The number of hydrogen-bond acceptors (Lipinski definition) is 3.